The maximum Gasteiger partial charge on any atom is -0.0000326 e. The normalized spacial score (nSPS) is 16.9. The second kappa shape index (κ2) is 7.45. The van der Waals surface area contributed by atoms with E-state index in [1.807, 2.05) is 6.08 Å². The fraction of sp³-hybridized carbons (Fsp3) is 0.818. The zero-order valence-corrected chi connectivity index (χ0v) is 9.24. The van der Waals surface area contributed by atoms with Gasteiger partial charge in [-0.25, -0.2) is 0 Å². The molecule has 0 radical (unpaired) electrons. The molecular formula is C11H21NS. The van der Waals surface area contributed by atoms with Gasteiger partial charge in [-0.05, 0) is 49.8 Å². The second-order valence-electron chi connectivity index (χ2n) is 3.74. The number of unbranched alkanes of at least 4 members (excludes halogenated alkanes) is 3. The first-order valence-corrected chi connectivity index (χ1v) is 6.48. The lowest BCUT2D eigenvalue weighted by Crippen LogP contribution is -2.43. The van der Waals surface area contributed by atoms with Gasteiger partial charge in [-0.2, -0.15) is 11.8 Å². The molecule has 0 aliphatic carbocycles. The van der Waals surface area contributed by atoms with Crippen molar-refractivity contribution in [2.75, 3.05) is 24.6 Å². The van der Waals surface area contributed by atoms with E-state index in [9.17, 15) is 0 Å². The quantitative estimate of drug-likeness (QED) is 0.476. The smallest absolute Gasteiger partial charge is 0.0000326 e. The maximum absolute atomic E-state index is 3.72. The van der Waals surface area contributed by atoms with E-state index in [-0.39, 0.29) is 0 Å². The number of nitrogens with one attached hydrogen (secondary N) is 1. The van der Waals surface area contributed by atoms with E-state index in [1.165, 1.54) is 50.3 Å². The minimum Gasteiger partial charge on any atom is -0.316 e. The van der Waals surface area contributed by atoms with Crippen LogP contribution in [0.25, 0.3) is 0 Å². The van der Waals surface area contributed by atoms with E-state index >= 15 is 0 Å². The number of hydrogen-bond donors (Lipinski definition) is 1. The molecule has 0 unspecified atom stereocenters. The molecule has 1 fully saturated rings. The van der Waals surface area contributed by atoms with E-state index in [2.05, 4.69) is 23.7 Å². The van der Waals surface area contributed by atoms with Crippen LogP contribution >= 0.6 is 11.8 Å². The number of hydrogen-bond acceptors (Lipinski definition) is 2. The van der Waals surface area contributed by atoms with Gasteiger partial charge in [0, 0.05) is 0 Å². The van der Waals surface area contributed by atoms with Gasteiger partial charge in [0.05, 0.1) is 0 Å². The molecule has 1 nitrogen and oxygen atoms in total. The third-order valence-corrected chi connectivity index (χ3v) is 3.70. The van der Waals surface area contributed by atoms with Gasteiger partial charge in [0.1, 0.15) is 0 Å². The molecule has 1 saturated heterocycles. The van der Waals surface area contributed by atoms with Crippen LogP contribution in [0.2, 0.25) is 0 Å². The van der Waals surface area contributed by atoms with Crippen LogP contribution in [-0.2, 0) is 0 Å². The molecule has 2 heteroatoms. The molecule has 0 amide bonds. The summed E-state index contributed by atoms with van der Waals surface area (Å²) >= 11 is 2.13. The first-order valence-electron chi connectivity index (χ1n) is 5.33. The monoisotopic (exact) mass is 199 g/mol. The van der Waals surface area contributed by atoms with Crippen molar-refractivity contribution in [3.63, 3.8) is 0 Å². The first kappa shape index (κ1) is 11.1. The van der Waals surface area contributed by atoms with Gasteiger partial charge in [0.15, 0.2) is 0 Å². The Labute approximate surface area is 86.4 Å². The topological polar surface area (TPSA) is 12.0 Å². The number of thioether (sulfide) groups is 1. The predicted molar refractivity (Wildman–Crippen MR) is 62.3 cm³/mol. The van der Waals surface area contributed by atoms with E-state index < -0.39 is 0 Å². The molecule has 1 rings (SSSR count). The van der Waals surface area contributed by atoms with Crippen molar-refractivity contribution < 1.29 is 0 Å². The highest BCUT2D eigenvalue weighted by molar-refractivity contribution is 7.99. The lowest BCUT2D eigenvalue weighted by Gasteiger charge is -2.26. The second-order valence-corrected chi connectivity index (χ2v) is 4.89. The SMILES string of the molecule is C=CCCCCCSCC1CNC1. The van der Waals surface area contributed by atoms with Gasteiger partial charge in [-0.15, -0.1) is 6.58 Å². The average molecular weight is 199 g/mol. The van der Waals surface area contributed by atoms with Crippen LogP contribution in [0, 0.1) is 5.92 Å². The minimum atomic E-state index is 0.971. The highest BCUT2D eigenvalue weighted by Crippen LogP contribution is 2.14. The summed E-state index contributed by atoms with van der Waals surface area (Å²) in [4.78, 5) is 0. The Morgan fingerprint density at radius 1 is 1.31 bits per heavy atom. The maximum atomic E-state index is 3.72. The lowest BCUT2D eigenvalue weighted by atomic mass is 10.1. The van der Waals surface area contributed by atoms with Crippen molar-refractivity contribution >= 4 is 11.8 Å². The highest BCUT2D eigenvalue weighted by atomic mass is 32.2. The molecule has 0 aromatic rings. The summed E-state index contributed by atoms with van der Waals surface area (Å²) in [5.74, 6) is 3.69. The summed E-state index contributed by atoms with van der Waals surface area (Å²) in [6.07, 6.45) is 7.31. The summed E-state index contributed by atoms with van der Waals surface area (Å²) in [5, 5.41) is 3.31. The molecule has 1 aliphatic heterocycles. The Hall–Kier alpha value is 0.0500. The highest BCUT2D eigenvalue weighted by Gasteiger charge is 2.15. The fourth-order valence-electron chi connectivity index (χ4n) is 1.39. The number of rotatable bonds is 8. The fourth-order valence-corrected chi connectivity index (χ4v) is 2.53. The van der Waals surface area contributed by atoms with Gasteiger partial charge in [0.25, 0.3) is 0 Å². The average Bonchev–Trinajstić information content (AvgIpc) is 2.07. The van der Waals surface area contributed by atoms with Crippen molar-refractivity contribution in [2.45, 2.75) is 25.7 Å². The molecule has 0 bridgehead atoms. The summed E-state index contributed by atoms with van der Waals surface area (Å²) in [7, 11) is 0. The van der Waals surface area contributed by atoms with E-state index in [0.29, 0.717) is 0 Å². The Morgan fingerprint density at radius 2 is 2.15 bits per heavy atom. The molecule has 1 N–H and O–H groups in total. The largest absolute Gasteiger partial charge is 0.316 e. The van der Waals surface area contributed by atoms with Crippen molar-refractivity contribution in [1.82, 2.24) is 5.32 Å². The Bertz CT molecular complexity index is 132. The molecule has 0 aromatic heterocycles. The van der Waals surface area contributed by atoms with Crippen molar-refractivity contribution in [1.29, 1.82) is 0 Å². The van der Waals surface area contributed by atoms with Crippen LogP contribution in [0.5, 0.6) is 0 Å². The predicted octanol–water partition coefficient (Wildman–Crippen LogP) is 2.69. The van der Waals surface area contributed by atoms with Gasteiger partial charge in [0.2, 0.25) is 0 Å². The van der Waals surface area contributed by atoms with E-state index in [4.69, 9.17) is 0 Å². The summed E-state index contributed by atoms with van der Waals surface area (Å²) in [6.45, 7) is 6.23. The molecule has 0 aromatic carbocycles. The summed E-state index contributed by atoms with van der Waals surface area (Å²) < 4.78 is 0. The van der Waals surface area contributed by atoms with Crippen LogP contribution in [0.1, 0.15) is 25.7 Å². The Morgan fingerprint density at radius 3 is 2.77 bits per heavy atom. The van der Waals surface area contributed by atoms with Gasteiger partial charge >= 0.3 is 0 Å². The van der Waals surface area contributed by atoms with Crippen LogP contribution in [0.3, 0.4) is 0 Å². The van der Waals surface area contributed by atoms with Crippen molar-refractivity contribution in [3.05, 3.63) is 12.7 Å². The van der Waals surface area contributed by atoms with E-state index in [1.54, 1.807) is 0 Å². The summed E-state index contributed by atoms with van der Waals surface area (Å²) in [5.41, 5.74) is 0. The third-order valence-electron chi connectivity index (χ3n) is 2.42. The van der Waals surface area contributed by atoms with Crippen molar-refractivity contribution in [2.24, 2.45) is 5.92 Å². The molecule has 0 spiro atoms. The lowest BCUT2D eigenvalue weighted by molar-refractivity contribution is 0.385. The first-order chi connectivity index (χ1) is 6.43. The molecule has 0 saturated carbocycles. The van der Waals surface area contributed by atoms with Gasteiger partial charge in [-0.3, -0.25) is 0 Å². The molecule has 0 atom stereocenters. The molecule has 1 aliphatic rings. The third kappa shape index (κ3) is 5.37. The van der Waals surface area contributed by atoms with Crippen LogP contribution in [0.4, 0.5) is 0 Å². The van der Waals surface area contributed by atoms with Crippen LogP contribution in [-0.4, -0.2) is 24.6 Å². The molecular weight excluding hydrogens is 178 g/mol. The van der Waals surface area contributed by atoms with Crippen LogP contribution in [0.15, 0.2) is 12.7 Å². The molecule has 13 heavy (non-hydrogen) atoms. The van der Waals surface area contributed by atoms with Crippen LogP contribution < -0.4 is 5.32 Å². The Kier molecular flexibility index (Phi) is 6.38. The minimum absolute atomic E-state index is 0.971. The molecule has 76 valence electrons. The zero-order valence-electron chi connectivity index (χ0n) is 8.43. The zero-order chi connectivity index (χ0) is 9.36. The van der Waals surface area contributed by atoms with Crippen molar-refractivity contribution in [3.8, 4) is 0 Å². The van der Waals surface area contributed by atoms with Gasteiger partial charge in [-0.1, -0.05) is 12.5 Å². The summed E-state index contributed by atoms with van der Waals surface area (Å²) in [6, 6.07) is 0. The number of allylic oxidation sites excluding steroid dienone is 1. The standard InChI is InChI=1S/C11H21NS/c1-2-3-4-5-6-7-13-10-11-8-12-9-11/h2,11-12H,1,3-10H2. The van der Waals surface area contributed by atoms with E-state index in [0.717, 1.165) is 5.92 Å². The molecule has 1 heterocycles. The Balaban J connectivity index is 1.70. The van der Waals surface area contributed by atoms with Gasteiger partial charge < -0.3 is 5.32 Å².